The zero-order valence-electron chi connectivity index (χ0n) is 12.6. The van der Waals surface area contributed by atoms with Gasteiger partial charge in [-0.05, 0) is 50.1 Å². The fraction of sp³-hybridized carbons (Fsp3) is 0.438. The first-order chi connectivity index (χ1) is 10.2. The Morgan fingerprint density at radius 2 is 1.95 bits per heavy atom. The summed E-state index contributed by atoms with van der Waals surface area (Å²) in [6.45, 7) is 6.51. The highest BCUT2D eigenvalue weighted by Crippen LogP contribution is 2.24. The predicted octanol–water partition coefficient (Wildman–Crippen LogP) is 2.18. The van der Waals surface area contributed by atoms with E-state index in [9.17, 15) is 4.79 Å². The average molecular weight is 286 g/mol. The summed E-state index contributed by atoms with van der Waals surface area (Å²) in [6, 6.07) is 8.44. The number of hydrogen-bond donors (Lipinski definition) is 2. The predicted molar refractivity (Wildman–Crippen MR) is 84.8 cm³/mol. The minimum Gasteiger partial charge on any atom is -0.313 e. The van der Waals surface area contributed by atoms with Crippen molar-refractivity contribution >= 4 is 17.3 Å². The molecule has 21 heavy (non-hydrogen) atoms. The Morgan fingerprint density at radius 3 is 2.52 bits per heavy atom. The molecule has 5 heteroatoms. The van der Waals surface area contributed by atoms with Crippen molar-refractivity contribution in [2.75, 3.05) is 24.7 Å². The van der Waals surface area contributed by atoms with Gasteiger partial charge in [-0.1, -0.05) is 18.2 Å². The summed E-state index contributed by atoms with van der Waals surface area (Å²) < 4.78 is 0. The van der Waals surface area contributed by atoms with Crippen LogP contribution in [0.5, 0.6) is 0 Å². The van der Waals surface area contributed by atoms with Crippen molar-refractivity contribution in [2.45, 2.75) is 26.3 Å². The monoisotopic (exact) mass is 286 g/mol. The Bertz CT molecular complexity index is 550. The van der Waals surface area contributed by atoms with Crippen molar-refractivity contribution in [2.24, 2.45) is 0 Å². The Labute approximate surface area is 125 Å². The summed E-state index contributed by atoms with van der Waals surface area (Å²) in [5.41, 5.74) is 6.70. The van der Waals surface area contributed by atoms with Crippen LogP contribution in [0.1, 0.15) is 25.8 Å². The molecule has 0 unspecified atom stereocenters. The van der Waals surface area contributed by atoms with Gasteiger partial charge in [0.05, 0.1) is 6.67 Å². The van der Waals surface area contributed by atoms with Gasteiger partial charge < -0.3 is 5.32 Å². The lowest BCUT2D eigenvalue weighted by Gasteiger charge is -2.20. The second kappa shape index (κ2) is 5.87. The molecule has 1 saturated heterocycles. The molecule has 0 aliphatic carbocycles. The van der Waals surface area contributed by atoms with Crippen molar-refractivity contribution in [1.29, 1.82) is 0 Å². The molecule has 0 spiro atoms. The van der Waals surface area contributed by atoms with E-state index in [1.54, 1.807) is 9.91 Å². The van der Waals surface area contributed by atoms with Crippen molar-refractivity contribution in [1.82, 2.24) is 15.8 Å². The van der Waals surface area contributed by atoms with Gasteiger partial charge in [-0.2, -0.15) is 0 Å². The summed E-state index contributed by atoms with van der Waals surface area (Å²) in [5.74, 6) is 0. The molecule has 3 rings (SSSR count). The summed E-state index contributed by atoms with van der Waals surface area (Å²) >= 11 is 0. The molecule has 0 radical (unpaired) electrons. The van der Waals surface area contributed by atoms with E-state index in [2.05, 4.69) is 29.0 Å². The van der Waals surface area contributed by atoms with Crippen LogP contribution in [0.4, 0.5) is 10.5 Å². The van der Waals surface area contributed by atoms with Crippen LogP contribution in [-0.4, -0.2) is 36.8 Å². The minimum atomic E-state index is 0.0128. The van der Waals surface area contributed by atoms with Gasteiger partial charge in [-0.3, -0.25) is 9.91 Å². The van der Waals surface area contributed by atoms with Crippen LogP contribution in [0.2, 0.25) is 0 Å². The largest absolute Gasteiger partial charge is 0.340 e. The first kappa shape index (κ1) is 14.1. The van der Waals surface area contributed by atoms with Gasteiger partial charge in [0.25, 0.3) is 0 Å². The SMILES string of the molecule is CC(C)N1NCN(c2ccc(C3=CCNCC3)cc2)C1=O. The number of benzene rings is 1. The maximum atomic E-state index is 12.3. The molecule has 0 atom stereocenters. The van der Waals surface area contributed by atoms with Crippen molar-refractivity contribution in [3.8, 4) is 0 Å². The van der Waals surface area contributed by atoms with Gasteiger partial charge in [-0.25, -0.2) is 10.2 Å². The Hall–Kier alpha value is -1.85. The summed E-state index contributed by atoms with van der Waals surface area (Å²) in [4.78, 5) is 14.1. The van der Waals surface area contributed by atoms with Gasteiger partial charge in [0.1, 0.15) is 0 Å². The number of anilines is 1. The molecular weight excluding hydrogens is 264 g/mol. The molecule has 2 aliphatic heterocycles. The lowest BCUT2D eigenvalue weighted by molar-refractivity contribution is 0.184. The molecule has 2 aliphatic rings. The molecule has 0 bridgehead atoms. The highest BCUT2D eigenvalue weighted by molar-refractivity contribution is 5.93. The summed E-state index contributed by atoms with van der Waals surface area (Å²) in [7, 11) is 0. The zero-order valence-corrected chi connectivity index (χ0v) is 12.6. The molecule has 2 heterocycles. The Morgan fingerprint density at radius 1 is 1.19 bits per heavy atom. The molecular formula is C16H22N4O. The topological polar surface area (TPSA) is 47.6 Å². The minimum absolute atomic E-state index is 0.0128. The standard InChI is InChI=1S/C16H22N4O/c1-12(2)20-16(21)19(11-18-20)15-5-3-13(4-6-15)14-7-9-17-10-8-14/h3-7,12,17-18H,8-11H2,1-2H3. The van der Waals surface area contributed by atoms with E-state index in [0.717, 1.165) is 25.2 Å². The van der Waals surface area contributed by atoms with E-state index in [0.29, 0.717) is 6.67 Å². The molecule has 2 N–H and O–H groups in total. The third-order valence-electron chi connectivity index (χ3n) is 3.97. The number of nitrogens with zero attached hydrogens (tertiary/aromatic N) is 2. The second-order valence-corrected chi connectivity index (χ2v) is 5.72. The molecule has 112 valence electrons. The van der Waals surface area contributed by atoms with Crippen LogP contribution in [0, 0.1) is 0 Å². The molecule has 0 saturated carbocycles. The molecule has 1 fully saturated rings. The lowest BCUT2D eigenvalue weighted by Crippen LogP contribution is -2.40. The first-order valence-corrected chi connectivity index (χ1v) is 7.51. The van der Waals surface area contributed by atoms with E-state index in [-0.39, 0.29) is 12.1 Å². The van der Waals surface area contributed by atoms with E-state index in [1.807, 2.05) is 26.0 Å². The van der Waals surface area contributed by atoms with Crippen LogP contribution in [0.3, 0.4) is 0 Å². The Kier molecular flexibility index (Phi) is 3.94. The number of hydrazine groups is 1. The van der Waals surface area contributed by atoms with Gasteiger partial charge in [0.2, 0.25) is 0 Å². The van der Waals surface area contributed by atoms with Crippen molar-refractivity contribution < 1.29 is 4.79 Å². The van der Waals surface area contributed by atoms with E-state index < -0.39 is 0 Å². The maximum Gasteiger partial charge on any atom is 0.340 e. The molecule has 0 aromatic heterocycles. The lowest BCUT2D eigenvalue weighted by atomic mass is 10.00. The van der Waals surface area contributed by atoms with E-state index >= 15 is 0 Å². The zero-order chi connectivity index (χ0) is 14.8. The normalized spacial score (nSPS) is 19.4. The molecule has 5 nitrogen and oxygen atoms in total. The third-order valence-corrected chi connectivity index (χ3v) is 3.97. The van der Waals surface area contributed by atoms with Crippen LogP contribution >= 0.6 is 0 Å². The highest BCUT2D eigenvalue weighted by atomic mass is 16.2. The van der Waals surface area contributed by atoms with Gasteiger partial charge in [-0.15, -0.1) is 0 Å². The van der Waals surface area contributed by atoms with E-state index in [1.165, 1.54) is 11.1 Å². The number of nitrogens with one attached hydrogen (secondary N) is 2. The van der Waals surface area contributed by atoms with Crippen LogP contribution in [0.15, 0.2) is 30.3 Å². The number of carbonyl (C=O) groups excluding carboxylic acids is 1. The van der Waals surface area contributed by atoms with Gasteiger partial charge in [0.15, 0.2) is 0 Å². The first-order valence-electron chi connectivity index (χ1n) is 7.51. The maximum absolute atomic E-state index is 12.3. The van der Waals surface area contributed by atoms with E-state index in [4.69, 9.17) is 0 Å². The number of hydrogen-bond acceptors (Lipinski definition) is 3. The average Bonchev–Trinajstić information content (AvgIpc) is 2.90. The number of amides is 2. The molecule has 1 aromatic rings. The number of carbonyl (C=O) groups is 1. The van der Waals surface area contributed by atoms with Crippen LogP contribution in [-0.2, 0) is 0 Å². The van der Waals surface area contributed by atoms with Gasteiger partial charge >= 0.3 is 6.03 Å². The van der Waals surface area contributed by atoms with Crippen LogP contribution in [0.25, 0.3) is 5.57 Å². The quantitative estimate of drug-likeness (QED) is 0.895. The third kappa shape index (κ3) is 2.80. The second-order valence-electron chi connectivity index (χ2n) is 5.72. The van der Waals surface area contributed by atoms with Crippen molar-refractivity contribution in [3.05, 3.63) is 35.9 Å². The fourth-order valence-corrected chi connectivity index (χ4v) is 2.76. The highest BCUT2D eigenvalue weighted by Gasteiger charge is 2.30. The number of rotatable bonds is 3. The van der Waals surface area contributed by atoms with Crippen LogP contribution < -0.4 is 15.6 Å². The Balaban J connectivity index is 1.76. The summed E-state index contributed by atoms with van der Waals surface area (Å²) in [6.07, 6.45) is 3.30. The molecule has 1 aromatic carbocycles. The molecule has 2 amide bonds. The van der Waals surface area contributed by atoms with Gasteiger partial charge in [0, 0.05) is 18.3 Å². The fourth-order valence-electron chi connectivity index (χ4n) is 2.76. The number of urea groups is 1. The smallest absolute Gasteiger partial charge is 0.313 e. The summed E-state index contributed by atoms with van der Waals surface area (Å²) in [5, 5.41) is 4.99. The van der Waals surface area contributed by atoms with Crippen molar-refractivity contribution in [3.63, 3.8) is 0 Å².